The fraction of sp³-hybridized carbons (Fsp3) is 0.182. The fourth-order valence-corrected chi connectivity index (χ4v) is 1.46. The minimum Gasteiger partial charge on any atom is -0.272 e. The van der Waals surface area contributed by atoms with Crippen molar-refractivity contribution in [1.29, 1.82) is 0 Å². The normalized spacial score (nSPS) is 15.4. The highest BCUT2D eigenvalue weighted by Gasteiger charge is 2.34. The lowest BCUT2D eigenvalue weighted by atomic mass is 10.2. The molecular weight excluding hydrogens is 222 g/mol. The predicted octanol–water partition coefficient (Wildman–Crippen LogP) is 0.225. The highest BCUT2D eigenvalue weighted by atomic mass is 16.2. The van der Waals surface area contributed by atoms with Gasteiger partial charge in [0.05, 0.1) is 0 Å². The Balaban J connectivity index is 2.06. The molecule has 1 aliphatic heterocycles. The number of carbonyl (C=O) groups excluding carboxylic acids is 3. The van der Waals surface area contributed by atoms with Gasteiger partial charge in [0.2, 0.25) is 0 Å². The molecule has 0 atom stereocenters. The van der Waals surface area contributed by atoms with Gasteiger partial charge in [-0.05, 0) is 12.1 Å². The maximum Gasteiger partial charge on any atom is 0.345 e. The molecule has 0 unspecified atom stereocenters. The summed E-state index contributed by atoms with van der Waals surface area (Å²) in [6.45, 7) is -0.131. The van der Waals surface area contributed by atoms with Crippen LogP contribution in [0.3, 0.4) is 0 Å². The topological polar surface area (TPSA) is 69.7 Å². The Morgan fingerprint density at radius 1 is 1.24 bits per heavy atom. The van der Waals surface area contributed by atoms with Crippen LogP contribution in [0.25, 0.3) is 0 Å². The highest BCUT2D eigenvalue weighted by molar-refractivity contribution is 6.03. The second-order valence-electron chi connectivity index (χ2n) is 3.63. The number of benzene rings is 1. The van der Waals surface area contributed by atoms with Crippen molar-refractivity contribution < 1.29 is 14.4 Å². The van der Waals surface area contributed by atoms with Gasteiger partial charge >= 0.3 is 6.03 Å². The Morgan fingerprint density at radius 2 is 1.88 bits per heavy atom. The van der Waals surface area contributed by atoms with Crippen LogP contribution in [0, 0.1) is 0 Å². The van der Waals surface area contributed by atoms with E-state index in [1.165, 1.54) is 7.05 Å². The molecule has 0 aliphatic carbocycles. The second-order valence-corrected chi connectivity index (χ2v) is 3.63. The summed E-state index contributed by atoms with van der Waals surface area (Å²) in [5.74, 6) is -0.759. The van der Waals surface area contributed by atoms with Crippen molar-refractivity contribution in [3.05, 3.63) is 35.9 Å². The lowest BCUT2D eigenvalue weighted by Crippen LogP contribution is -2.44. The standard InChI is InChI=1S/C11H11N3O3/c1-13-9(15)7-14(11(13)17)12-10(16)8-5-3-2-4-6-8/h2-6H,7H2,1H3,(H,12,16). The third kappa shape index (κ3) is 2.10. The first-order chi connectivity index (χ1) is 8.09. The largest absolute Gasteiger partial charge is 0.345 e. The van der Waals surface area contributed by atoms with Crippen molar-refractivity contribution in [1.82, 2.24) is 15.3 Å². The Morgan fingerprint density at radius 3 is 2.41 bits per heavy atom. The molecule has 0 radical (unpaired) electrons. The molecule has 0 spiro atoms. The quantitative estimate of drug-likeness (QED) is 0.743. The van der Waals surface area contributed by atoms with Gasteiger partial charge in [-0.3, -0.25) is 19.9 Å². The zero-order valence-corrected chi connectivity index (χ0v) is 9.21. The van der Waals surface area contributed by atoms with Gasteiger partial charge in [0.1, 0.15) is 6.54 Å². The smallest absolute Gasteiger partial charge is 0.272 e. The van der Waals surface area contributed by atoms with E-state index < -0.39 is 11.9 Å². The number of nitrogens with zero attached hydrogens (tertiary/aromatic N) is 2. The number of imide groups is 1. The second kappa shape index (κ2) is 4.25. The van der Waals surface area contributed by atoms with E-state index >= 15 is 0 Å². The number of nitrogens with one attached hydrogen (secondary N) is 1. The van der Waals surface area contributed by atoms with E-state index in [4.69, 9.17) is 0 Å². The molecule has 0 aromatic heterocycles. The lowest BCUT2D eigenvalue weighted by molar-refractivity contribution is -0.124. The van der Waals surface area contributed by atoms with E-state index in [0.29, 0.717) is 5.56 Å². The van der Waals surface area contributed by atoms with Crippen LogP contribution in [0.5, 0.6) is 0 Å². The van der Waals surface area contributed by atoms with Crippen molar-refractivity contribution in [2.24, 2.45) is 0 Å². The van der Waals surface area contributed by atoms with Crippen LogP contribution >= 0.6 is 0 Å². The number of carbonyl (C=O) groups is 3. The third-order valence-corrected chi connectivity index (χ3v) is 2.46. The summed E-state index contributed by atoms with van der Waals surface area (Å²) in [6.07, 6.45) is 0. The number of amides is 4. The van der Waals surface area contributed by atoms with Crippen molar-refractivity contribution >= 4 is 17.8 Å². The highest BCUT2D eigenvalue weighted by Crippen LogP contribution is 2.06. The van der Waals surface area contributed by atoms with Crippen LogP contribution in [0.2, 0.25) is 0 Å². The zero-order chi connectivity index (χ0) is 12.4. The number of rotatable bonds is 2. The number of hydrazine groups is 1. The molecule has 1 fully saturated rings. The Bertz CT molecular complexity index is 472. The van der Waals surface area contributed by atoms with E-state index in [1.807, 2.05) is 0 Å². The first-order valence-corrected chi connectivity index (χ1v) is 5.03. The number of urea groups is 1. The van der Waals surface area contributed by atoms with E-state index in [1.54, 1.807) is 30.3 Å². The molecule has 6 heteroatoms. The van der Waals surface area contributed by atoms with Crippen molar-refractivity contribution in [3.63, 3.8) is 0 Å². The molecule has 1 aromatic carbocycles. The van der Waals surface area contributed by atoms with E-state index in [0.717, 1.165) is 9.91 Å². The SMILES string of the molecule is CN1C(=O)CN(NC(=O)c2ccccc2)C1=O. The van der Waals surface area contributed by atoms with Gasteiger partial charge in [-0.25, -0.2) is 9.80 Å². The molecule has 1 aliphatic rings. The summed E-state index contributed by atoms with van der Waals surface area (Å²) in [7, 11) is 1.37. The van der Waals surface area contributed by atoms with Crippen LogP contribution in [0.1, 0.15) is 10.4 Å². The summed E-state index contributed by atoms with van der Waals surface area (Å²) >= 11 is 0. The Labute approximate surface area is 97.8 Å². The first-order valence-electron chi connectivity index (χ1n) is 5.03. The lowest BCUT2D eigenvalue weighted by Gasteiger charge is -2.15. The van der Waals surface area contributed by atoms with E-state index in [2.05, 4.69) is 5.43 Å². The van der Waals surface area contributed by atoms with Crippen LogP contribution < -0.4 is 5.43 Å². The maximum atomic E-state index is 11.7. The molecule has 1 N–H and O–H groups in total. The minimum absolute atomic E-state index is 0.131. The van der Waals surface area contributed by atoms with Crippen LogP contribution in [0.4, 0.5) is 4.79 Å². The number of likely N-dealkylation sites (N-methyl/N-ethyl adjacent to an activating group) is 1. The molecular formula is C11H11N3O3. The van der Waals surface area contributed by atoms with Crippen molar-refractivity contribution in [3.8, 4) is 0 Å². The molecule has 0 saturated carbocycles. The summed E-state index contributed by atoms with van der Waals surface area (Å²) < 4.78 is 0. The molecule has 4 amide bonds. The minimum atomic E-state index is -0.528. The van der Waals surface area contributed by atoms with Gasteiger partial charge < -0.3 is 0 Å². The monoisotopic (exact) mass is 233 g/mol. The van der Waals surface area contributed by atoms with Crippen LogP contribution in [0.15, 0.2) is 30.3 Å². The van der Waals surface area contributed by atoms with Crippen LogP contribution in [-0.4, -0.2) is 41.3 Å². The zero-order valence-electron chi connectivity index (χ0n) is 9.21. The summed E-state index contributed by atoms with van der Waals surface area (Å²) in [4.78, 5) is 35.4. The third-order valence-electron chi connectivity index (χ3n) is 2.46. The summed E-state index contributed by atoms with van der Waals surface area (Å²) in [5.41, 5.74) is 2.82. The van der Waals surface area contributed by atoms with Crippen molar-refractivity contribution in [2.45, 2.75) is 0 Å². The average Bonchev–Trinajstić information content (AvgIpc) is 2.58. The van der Waals surface area contributed by atoms with Crippen molar-refractivity contribution in [2.75, 3.05) is 13.6 Å². The van der Waals surface area contributed by atoms with Gasteiger partial charge in [-0.1, -0.05) is 18.2 Å². The number of hydrogen-bond acceptors (Lipinski definition) is 3. The first kappa shape index (κ1) is 11.1. The van der Waals surface area contributed by atoms with Gasteiger partial charge in [0, 0.05) is 12.6 Å². The molecule has 2 rings (SSSR count). The average molecular weight is 233 g/mol. The molecule has 1 heterocycles. The Kier molecular flexibility index (Phi) is 2.78. The summed E-state index contributed by atoms with van der Waals surface area (Å²) in [6, 6.07) is 7.95. The van der Waals surface area contributed by atoms with Crippen LogP contribution in [-0.2, 0) is 4.79 Å². The molecule has 88 valence electrons. The molecule has 1 aromatic rings. The number of hydrogen-bond donors (Lipinski definition) is 1. The molecule has 6 nitrogen and oxygen atoms in total. The van der Waals surface area contributed by atoms with Gasteiger partial charge in [-0.2, -0.15) is 0 Å². The predicted molar refractivity (Wildman–Crippen MR) is 58.8 cm³/mol. The summed E-state index contributed by atoms with van der Waals surface area (Å²) in [5, 5.41) is 0.998. The Hall–Kier alpha value is -2.37. The van der Waals surface area contributed by atoms with Gasteiger partial charge in [0.15, 0.2) is 0 Å². The molecule has 0 bridgehead atoms. The van der Waals surface area contributed by atoms with E-state index in [-0.39, 0.29) is 12.5 Å². The van der Waals surface area contributed by atoms with Gasteiger partial charge in [0.25, 0.3) is 11.8 Å². The maximum absolute atomic E-state index is 11.7. The van der Waals surface area contributed by atoms with E-state index in [9.17, 15) is 14.4 Å². The van der Waals surface area contributed by atoms with Gasteiger partial charge in [-0.15, -0.1) is 0 Å². The molecule has 1 saturated heterocycles. The fourth-order valence-electron chi connectivity index (χ4n) is 1.46. The molecule has 17 heavy (non-hydrogen) atoms.